The monoisotopic (exact) mass is 1780 g/mol. The van der Waals surface area contributed by atoms with Crippen molar-refractivity contribution in [3.05, 3.63) is 117 Å². The Balaban J connectivity index is 0.0000336. The first-order chi connectivity index (χ1) is 49.7. The van der Waals surface area contributed by atoms with Crippen molar-refractivity contribution in [3.8, 4) is 0 Å². The fourth-order valence-electron chi connectivity index (χ4n) is 13.1. The predicted octanol–water partition coefficient (Wildman–Crippen LogP) is 15.8. The second-order valence-electron chi connectivity index (χ2n) is 23.3. The van der Waals surface area contributed by atoms with Gasteiger partial charge in [0, 0.05) is 56.9 Å². The number of benzene rings is 4. The molecular weight excluding hydrogens is 1750 g/mol. The summed E-state index contributed by atoms with van der Waals surface area (Å²) in [5, 5.41) is 0. The number of hydrogen-bond donors (Lipinski definition) is 0. The van der Waals surface area contributed by atoms with Gasteiger partial charge in [0.2, 0.25) is 0 Å². The number of methoxy groups -OCH3 is 8. The fourth-order valence-corrected chi connectivity index (χ4v) is 13.1. The second-order valence-corrected chi connectivity index (χ2v) is 23.3. The number of alkyl halides is 48. The van der Waals surface area contributed by atoms with Crippen molar-refractivity contribution in [1.82, 2.24) is 0 Å². The molecule has 58 heteroatoms. The molecule has 0 aliphatic heterocycles. The van der Waals surface area contributed by atoms with Crippen LogP contribution in [0.4, 0.5) is 211 Å². The average molecular weight is 1780 g/mol. The van der Waals surface area contributed by atoms with Crippen molar-refractivity contribution in [3.63, 3.8) is 0 Å². The van der Waals surface area contributed by atoms with E-state index in [0.717, 1.165) is 0 Å². The fraction of sp³-hybridized carbons (Fsp3) is 0.571. The molecule has 0 aromatic heterocycles. The summed E-state index contributed by atoms with van der Waals surface area (Å²) in [4.78, 5) is 0. The van der Waals surface area contributed by atoms with E-state index in [1.165, 1.54) is 0 Å². The molecule has 0 amide bonds. The molecule has 0 aliphatic rings. The van der Waals surface area contributed by atoms with Crippen LogP contribution in [-0.2, 0) is 82.7 Å². The molecule has 0 fully saturated rings. The van der Waals surface area contributed by atoms with Crippen LogP contribution in [-0.4, -0.2) is 162 Å². The van der Waals surface area contributed by atoms with E-state index in [-0.39, 0.29) is 29.6 Å². The zero-order valence-electron chi connectivity index (χ0n) is 55.9. The minimum Gasteiger partial charge on any atom is -0.357 e. The third-order valence-electron chi connectivity index (χ3n) is 17.9. The summed E-state index contributed by atoms with van der Waals surface area (Å²) < 4.78 is 792. The van der Waals surface area contributed by atoms with Gasteiger partial charge in [-0.25, -0.2) is 0 Å². The summed E-state index contributed by atoms with van der Waals surface area (Å²) in [5.41, 5.74) is -112. The first-order valence-electron chi connectivity index (χ1n) is 28.1. The molecule has 0 heterocycles. The van der Waals surface area contributed by atoms with Crippen LogP contribution in [0.2, 0.25) is 0 Å². The maximum absolute atomic E-state index is 15.9. The van der Waals surface area contributed by atoms with Gasteiger partial charge in [-0.05, 0) is 68.8 Å². The molecule has 0 bridgehead atoms. The smallest absolute Gasteiger partial charge is 0.357 e. The van der Waals surface area contributed by atoms with Crippen LogP contribution in [0.25, 0.3) is 0 Å². The Morgan fingerprint density at radius 1 is 0.149 bits per heavy atom. The quantitative estimate of drug-likeness (QED) is 0.0640. The molecule has 4 aromatic rings. The summed E-state index contributed by atoms with van der Waals surface area (Å²) in [7, 11) is -9.70. The second kappa shape index (κ2) is 30.2. The van der Waals surface area contributed by atoms with Gasteiger partial charge in [0.25, 0.3) is 44.8 Å². The van der Waals surface area contributed by atoms with Gasteiger partial charge in [-0.1, -0.05) is 48.5 Å². The molecule has 0 spiro atoms. The Hall–Kier alpha value is -5.74. The molecule has 0 N–H and O–H groups in total. The van der Waals surface area contributed by atoms with E-state index in [1.54, 1.807) is 0 Å². The summed E-state index contributed by atoms with van der Waals surface area (Å²) in [6.45, 7) is 0. The molecule has 8 nitrogen and oxygen atoms in total. The van der Waals surface area contributed by atoms with Crippen molar-refractivity contribution in [1.29, 1.82) is 0 Å². The maximum Gasteiger partial charge on any atom is 1.00 e. The largest absolute Gasteiger partial charge is 1.00 e. The SMILES string of the molecule is COC(c1cc([B-](c2cc(C(OC)(C(F)(F)F)C(F)(F)F)cc(C(OC)(C(F)(F)F)C(F)(F)F)c2)(c2cc(C(OC)(C(F)(F)F)C(F)(F)F)cc(C(OC)(C(F)(F)F)C(F)(F)F)c2)c2cc(C(OC)(C(F)(F)F)C(F)(F)F)cc(C(OC)(C(F)(F)F)C(F)(F)F)c2)cc(C(OC)(C(F)(F)F)C(F)(F)F)c1)(C(F)(F)F)C(F)(F)F.[Na+]. The molecule has 648 valence electrons. The van der Waals surface area contributed by atoms with Gasteiger partial charge in [0.05, 0.1) is 0 Å². The van der Waals surface area contributed by atoms with Gasteiger partial charge < -0.3 is 37.9 Å². The van der Waals surface area contributed by atoms with Crippen LogP contribution in [0.5, 0.6) is 0 Å². The number of ether oxygens (including phenoxy) is 8. The molecule has 0 unspecified atom stereocenters. The van der Waals surface area contributed by atoms with E-state index < -0.39 is 346 Å². The molecule has 4 aromatic carbocycles. The van der Waals surface area contributed by atoms with Crippen molar-refractivity contribution in [2.75, 3.05) is 56.9 Å². The predicted molar refractivity (Wildman–Crippen MR) is 276 cm³/mol. The van der Waals surface area contributed by atoms with Crippen LogP contribution in [0.1, 0.15) is 44.5 Å². The molecule has 0 saturated carbocycles. The summed E-state index contributed by atoms with van der Waals surface area (Å²) in [6.07, 6.45) is -141. The average Bonchev–Trinajstić information content (AvgIpc) is 0.677. The third kappa shape index (κ3) is 14.8. The van der Waals surface area contributed by atoms with Gasteiger partial charge >= 0.3 is 128 Å². The van der Waals surface area contributed by atoms with Crippen molar-refractivity contribution < 1.29 is 278 Å². The van der Waals surface area contributed by atoms with Gasteiger partial charge in [-0.3, -0.25) is 0 Å². The van der Waals surface area contributed by atoms with Gasteiger partial charge in [-0.15, -0.1) is 0 Å². The van der Waals surface area contributed by atoms with Crippen LogP contribution >= 0.6 is 0 Å². The summed E-state index contributed by atoms with van der Waals surface area (Å²) >= 11 is 0. The maximum atomic E-state index is 15.9. The summed E-state index contributed by atoms with van der Waals surface area (Å²) in [5.74, 6) is 0. The zero-order chi connectivity index (χ0) is 89.6. The van der Waals surface area contributed by atoms with Crippen molar-refractivity contribution in [2.45, 2.75) is 144 Å². The molecule has 114 heavy (non-hydrogen) atoms. The van der Waals surface area contributed by atoms with E-state index in [4.69, 9.17) is 0 Å². The Kier molecular flexibility index (Phi) is 27.1. The molecule has 0 radical (unpaired) electrons. The molecule has 4 rings (SSSR count). The van der Waals surface area contributed by atoms with E-state index >= 15 is 211 Å². The number of rotatable bonds is 20. The van der Waals surface area contributed by atoms with Gasteiger partial charge in [-0.2, -0.15) is 233 Å². The van der Waals surface area contributed by atoms with Gasteiger partial charge in [0.1, 0.15) is 6.15 Å². The minimum absolute atomic E-state index is 0. The first kappa shape index (κ1) is 102. The van der Waals surface area contributed by atoms with E-state index in [9.17, 15) is 0 Å². The van der Waals surface area contributed by atoms with E-state index in [2.05, 4.69) is 37.9 Å². The number of halogens is 48. The topological polar surface area (TPSA) is 73.8 Å². The van der Waals surface area contributed by atoms with Crippen molar-refractivity contribution >= 4 is 28.0 Å². The van der Waals surface area contributed by atoms with Crippen molar-refractivity contribution in [2.24, 2.45) is 0 Å². The number of hydrogen-bond acceptors (Lipinski definition) is 8. The first-order valence-corrected chi connectivity index (χ1v) is 28.1. The normalized spacial score (nSPS) is 15.6. The Morgan fingerprint density at radius 2 is 0.219 bits per heavy atom. The molecule has 0 atom stereocenters. The van der Waals surface area contributed by atoms with Crippen LogP contribution in [0.3, 0.4) is 0 Å². The van der Waals surface area contributed by atoms with E-state index in [0.29, 0.717) is 0 Å². The minimum atomic E-state index is -8.82. The molecule has 0 aliphatic carbocycles. The standard InChI is InChI=1S/C56H36BF48O8.Na/c1-106-33(41(58,59)60,42(61,62)63)21-9-22(34(107-2,43(64,65)66)44(67,68)69)14-29(13-21)57(30-15-23(35(108-3,45(70,71)72)46(73,74)75)10-24(16-30)36(109-4,47(76,77)78)48(79,80)81,31-17-25(37(110-5,49(82,83)84)50(85,86)87)11-26(18-31)38(111-6,51(88,89)90)52(91,92)93)32-19-27(39(112-7,53(94,95)96)54(97,98)99)12-28(20-32)40(113-8,55(100,101)102)56(103,104)105;/h9-20H,1-8H3;/q-1;+1. The molecule has 0 saturated heterocycles. The van der Waals surface area contributed by atoms with Crippen LogP contribution < -0.4 is 51.4 Å². The Labute approximate surface area is 622 Å². The van der Waals surface area contributed by atoms with Gasteiger partial charge in [0.15, 0.2) is 0 Å². The van der Waals surface area contributed by atoms with Crippen LogP contribution in [0.15, 0.2) is 72.8 Å². The van der Waals surface area contributed by atoms with E-state index in [1.807, 2.05) is 0 Å². The zero-order valence-corrected chi connectivity index (χ0v) is 57.9. The molecular formula is C56H36BF48NaO8. The third-order valence-corrected chi connectivity index (χ3v) is 17.9. The summed E-state index contributed by atoms with van der Waals surface area (Å²) in [6, 6.07) is -26.4. The Bertz CT molecular complexity index is 3170. The van der Waals surface area contributed by atoms with Crippen LogP contribution in [0, 0.1) is 0 Å². The Morgan fingerprint density at radius 3 is 0.272 bits per heavy atom.